The van der Waals surface area contributed by atoms with Crippen LogP contribution in [-0.4, -0.2) is 12.6 Å². The summed E-state index contributed by atoms with van der Waals surface area (Å²) in [5.41, 5.74) is 1.34. The second-order valence-electron chi connectivity index (χ2n) is 8.45. The third kappa shape index (κ3) is 16.4. The van der Waals surface area contributed by atoms with Crippen molar-refractivity contribution in [2.24, 2.45) is 17.8 Å². The van der Waals surface area contributed by atoms with E-state index in [1.54, 1.807) is 0 Å². The quantitative estimate of drug-likeness (QED) is 0.228. The summed E-state index contributed by atoms with van der Waals surface area (Å²) in [6.07, 6.45) is 14.5. The molecule has 0 N–H and O–H groups in total. The molecular weight excluding hydrogens is 308 g/mol. The highest BCUT2D eigenvalue weighted by molar-refractivity contribution is 5.68. The molecule has 0 aromatic carbocycles. The zero-order chi connectivity index (χ0) is 19.1. The number of ether oxygens (including phenoxy) is 1. The molecule has 0 fully saturated rings. The lowest BCUT2D eigenvalue weighted by Gasteiger charge is -2.15. The fraction of sp³-hybridized carbons (Fsp3) is 0.870. The van der Waals surface area contributed by atoms with Crippen molar-refractivity contribution < 1.29 is 9.53 Å². The van der Waals surface area contributed by atoms with Gasteiger partial charge >= 0.3 is 5.97 Å². The van der Waals surface area contributed by atoms with Crippen LogP contribution in [0.15, 0.2) is 11.6 Å². The van der Waals surface area contributed by atoms with Gasteiger partial charge in [0.1, 0.15) is 6.61 Å². The third-order valence-corrected chi connectivity index (χ3v) is 5.11. The standard InChI is InChI=1S/C23H44O2/c1-7-23(24)25-18-17-22(6)16-10-15-21(5)14-9-13-20(4)12-8-11-19(2)3/h17,19-21H,7-16,18H2,1-6H3. The Morgan fingerprint density at radius 1 is 0.880 bits per heavy atom. The molecule has 2 unspecified atom stereocenters. The van der Waals surface area contributed by atoms with Crippen LogP contribution in [0.3, 0.4) is 0 Å². The molecule has 0 saturated heterocycles. The van der Waals surface area contributed by atoms with Crippen LogP contribution in [-0.2, 0) is 9.53 Å². The second-order valence-corrected chi connectivity index (χ2v) is 8.45. The zero-order valence-corrected chi connectivity index (χ0v) is 17.9. The summed E-state index contributed by atoms with van der Waals surface area (Å²) in [5, 5.41) is 0. The molecule has 0 aliphatic carbocycles. The van der Waals surface area contributed by atoms with Gasteiger partial charge in [0.05, 0.1) is 0 Å². The molecule has 148 valence electrons. The summed E-state index contributed by atoms with van der Waals surface area (Å²) in [6.45, 7) is 13.9. The first-order valence-electron chi connectivity index (χ1n) is 10.7. The summed E-state index contributed by atoms with van der Waals surface area (Å²) in [6, 6.07) is 0. The molecule has 0 aliphatic heterocycles. The number of hydrogen-bond acceptors (Lipinski definition) is 2. The molecule has 0 aliphatic rings. The van der Waals surface area contributed by atoms with Crippen molar-refractivity contribution >= 4 is 5.97 Å². The lowest BCUT2D eigenvalue weighted by Crippen LogP contribution is -2.02. The van der Waals surface area contributed by atoms with Crippen molar-refractivity contribution in [3.63, 3.8) is 0 Å². The predicted octanol–water partition coefficient (Wildman–Crippen LogP) is 7.33. The summed E-state index contributed by atoms with van der Waals surface area (Å²) < 4.78 is 5.09. The van der Waals surface area contributed by atoms with Crippen LogP contribution in [0.1, 0.15) is 106 Å². The Balaban J connectivity index is 3.64. The Labute approximate surface area is 157 Å². The van der Waals surface area contributed by atoms with E-state index in [2.05, 4.69) is 40.7 Å². The number of rotatable bonds is 15. The van der Waals surface area contributed by atoms with Crippen molar-refractivity contribution in [2.75, 3.05) is 6.61 Å². The molecule has 0 bridgehead atoms. The molecule has 2 atom stereocenters. The topological polar surface area (TPSA) is 26.3 Å². The first kappa shape index (κ1) is 24.2. The minimum atomic E-state index is -0.115. The number of carbonyl (C=O) groups excluding carboxylic acids is 1. The van der Waals surface area contributed by atoms with Crippen molar-refractivity contribution in [2.45, 2.75) is 106 Å². The molecule has 0 heterocycles. The summed E-state index contributed by atoms with van der Waals surface area (Å²) in [5.74, 6) is 2.45. The van der Waals surface area contributed by atoms with Gasteiger partial charge in [-0.25, -0.2) is 0 Å². The van der Waals surface area contributed by atoms with E-state index in [9.17, 15) is 4.79 Å². The number of carbonyl (C=O) groups is 1. The van der Waals surface area contributed by atoms with Gasteiger partial charge in [0.15, 0.2) is 0 Å². The van der Waals surface area contributed by atoms with E-state index in [0.29, 0.717) is 13.0 Å². The van der Waals surface area contributed by atoms with Crippen LogP contribution in [0.4, 0.5) is 0 Å². The zero-order valence-electron chi connectivity index (χ0n) is 17.9. The molecule has 0 spiro atoms. The Kier molecular flexibility index (Phi) is 15.0. The van der Waals surface area contributed by atoms with E-state index in [1.165, 1.54) is 56.9 Å². The van der Waals surface area contributed by atoms with Crippen molar-refractivity contribution in [3.8, 4) is 0 Å². The maximum atomic E-state index is 11.1. The number of allylic oxidation sites excluding steroid dienone is 1. The van der Waals surface area contributed by atoms with Crippen LogP contribution in [0, 0.1) is 17.8 Å². The van der Waals surface area contributed by atoms with Gasteiger partial charge in [-0.2, -0.15) is 0 Å². The summed E-state index contributed by atoms with van der Waals surface area (Å²) >= 11 is 0. The Hall–Kier alpha value is -0.790. The average molecular weight is 353 g/mol. The monoisotopic (exact) mass is 352 g/mol. The lowest BCUT2D eigenvalue weighted by molar-refractivity contribution is -0.141. The highest BCUT2D eigenvalue weighted by Gasteiger charge is 2.06. The minimum absolute atomic E-state index is 0.115. The lowest BCUT2D eigenvalue weighted by atomic mass is 9.91. The molecule has 2 heteroatoms. The van der Waals surface area contributed by atoms with E-state index < -0.39 is 0 Å². The van der Waals surface area contributed by atoms with E-state index >= 15 is 0 Å². The average Bonchev–Trinajstić information content (AvgIpc) is 2.54. The number of hydrogen-bond donors (Lipinski definition) is 0. The van der Waals surface area contributed by atoms with Gasteiger partial charge < -0.3 is 4.74 Å². The second kappa shape index (κ2) is 15.5. The first-order valence-corrected chi connectivity index (χ1v) is 10.7. The SMILES string of the molecule is CCC(=O)OCC=C(C)CCCC(C)CCCC(C)CCCC(C)C. The molecule has 0 aromatic heterocycles. The highest BCUT2D eigenvalue weighted by Crippen LogP contribution is 2.22. The largest absolute Gasteiger partial charge is 0.461 e. The van der Waals surface area contributed by atoms with Crippen molar-refractivity contribution in [1.82, 2.24) is 0 Å². The minimum Gasteiger partial charge on any atom is -0.461 e. The van der Waals surface area contributed by atoms with Gasteiger partial charge in [-0.15, -0.1) is 0 Å². The highest BCUT2D eigenvalue weighted by atomic mass is 16.5. The van der Waals surface area contributed by atoms with Gasteiger partial charge in [0, 0.05) is 6.42 Å². The van der Waals surface area contributed by atoms with E-state index in [0.717, 1.165) is 24.2 Å². The molecule has 0 radical (unpaired) electrons. The first-order chi connectivity index (χ1) is 11.8. The molecule has 2 nitrogen and oxygen atoms in total. The molecule has 25 heavy (non-hydrogen) atoms. The smallest absolute Gasteiger partial charge is 0.305 e. The van der Waals surface area contributed by atoms with Crippen LogP contribution < -0.4 is 0 Å². The molecule has 0 saturated carbocycles. The van der Waals surface area contributed by atoms with E-state index in [-0.39, 0.29) is 5.97 Å². The van der Waals surface area contributed by atoms with Crippen LogP contribution in [0.25, 0.3) is 0 Å². The Morgan fingerprint density at radius 3 is 1.92 bits per heavy atom. The fourth-order valence-corrected chi connectivity index (χ4v) is 3.19. The maximum absolute atomic E-state index is 11.1. The van der Waals surface area contributed by atoms with Crippen LogP contribution in [0.5, 0.6) is 0 Å². The normalized spacial score (nSPS) is 14.6. The van der Waals surface area contributed by atoms with Crippen molar-refractivity contribution in [1.29, 1.82) is 0 Å². The summed E-state index contributed by atoms with van der Waals surface area (Å²) in [7, 11) is 0. The molecular formula is C23H44O2. The summed E-state index contributed by atoms with van der Waals surface area (Å²) in [4.78, 5) is 11.1. The van der Waals surface area contributed by atoms with Crippen molar-refractivity contribution in [3.05, 3.63) is 11.6 Å². The number of esters is 1. The van der Waals surface area contributed by atoms with Gasteiger partial charge in [-0.1, -0.05) is 85.1 Å². The fourth-order valence-electron chi connectivity index (χ4n) is 3.19. The van der Waals surface area contributed by atoms with Gasteiger partial charge in [0.25, 0.3) is 0 Å². The van der Waals surface area contributed by atoms with Crippen LogP contribution >= 0.6 is 0 Å². The van der Waals surface area contributed by atoms with E-state index in [1.807, 2.05) is 6.92 Å². The molecule has 0 aromatic rings. The van der Waals surface area contributed by atoms with E-state index in [4.69, 9.17) is 4.74 Å². The Morgan fingerprint density at radius 2 is 1.40 bits per heavy atom. The van der Waals surface area contributed by atoms with Crippen LogP contribution in [0.2, 0.25) is 0 Å². The Bertz CT molecular complexity index is 357. The maximum Gasteiger partial charge on any atom is 0.305 e. The van der Waals surface area contributed by atoms with Gasteiger partial charge in [-0.3, -0.25) is 4.79 Å². The van der Waals surface area contributed by atoms with Gasteiger partial charge in [0.2, 0.25) is 0 Å². The molecule has 0 amide bonds. The third-order valence-electron chi connectivity index (χ3n) is 5.11. The predicted molar refractivity (Wildman–Crippen MR) is 110 cm³/mol. The van der Waals surface area contributed by atoms with Gasteiger partial charge in [-0.05, 0) is 43.6 Å². The molecule has 0 rings (SSSR count).